The molecule has 1 N–H and O–H groups in total. The Bertz CT molecular complexity index is 2010. The first-order valence-electron chi connectivity index (χ1n) is 17.6. The summed E-state index contributed by atoms with van der Waals surface area (Å²) in [6.07, 6.45) is 6.48. The Balaban J connectivity index is 1.08. The predicted octanol–water partition coefficient (Wildman–Crippen LogP) is 7.40. The molecule has 3 atom stereocenters. The number of piperidine rings is 2. The molecule has 1 aromatic heterocycles. The van der Waals surface area contributed by atoms with Crippen molar-refractivity contribution in [3.05, 3.63) is 94.3 Å². The number of para-hydroxylation sites is 2. The number of halogens is 3. The Kier molecular flexibility index (Phi) is 9.56. The maximum atomic E-state index is 14.8. The molecule has 0 aliphatic carbocycles. The fraction of sp³-hybridized carbons (Fsp3) is 0.474. The highest BCUT2D eigenvalue weighted by Crippen LogP contribution is 2.45. The summed E-state index contributed by atoms with van der Waals surface area (Å²) in [4.78, 5) is 22.3. The van der Waals surface area contributed by atoms with Crippen molar-refractivity contribution in [3.8, 4) is 0 Å². The maximum Gasteiger partial charge on any atom is 0.255 e. The minimum absolute atomic E-state index is 0.0594. The van der Waals surface area contributed by atoms with Gasteiger partial charge in [0.05, 0.1) is 21.6 Å². The average molecular weight is 724 g/mol. The number of sulfonamides is 1. The van der Waals surface area contributed by atoms with Crippen LogP contribution < -0.4 is 4.72 Å². The van der Waals surface area contributed by atoms with Crippen molar-refractivity contribution in [2.45, 2.75) is 100 Å². The van der Waals surface area contributed by atoms with E-state index in [1.807, 2.05) is 12.1 Å². The average Bonchev–Trinajstić information content (AvgIpc) is 3.53. The van der Waals surface area contributed by atoms with Gasteiger partial charge in [-0.3, -0.25) is 9.69 Å². The summed E-state index contributed by atoms with van der Waals surface area (Å²) in [6, 6.07) is 18.0. The van der Waals surface area contributed by atoms with Crippen LogP contribution >= 0.6 is 11.6 Å². The number of carbonyl (C=O) groups excluding carboxylic acids is 1. The number of carbonyl (C=O) groups is 1. The van der Waals surface area contributed by atoms with Gasteiger partial charge in [-0.2, -0.15) is 0 Å². The first-order valence-corrected chi connectivity index (χ1v) is 19.5. The van der Waals surface area contributed by atoms with Gasteiger partial charge in [0, 0.05) is 37.3 Å². The summed E-state index contributed by atoms with van der Waals surface area (Å²) in [5.74, 6) is -0.699. The van der Waals surface area contributed by atoms with E-state index in [9.17, 15) is 22.0 Å². The highest BCUT2D eigenvalue weighted by atomic mass is 35.5. The van der Waals surface area contributed by atoms with Crippen LogP contribution in [0.4, 0.5) is 8.78 Å². The van der Waals surface area contributed by atoms with E-state index in [1.165, 1.54) is 11.6 Å². The van der Waals surface area contributed by atoms with Crippen LogP contribution in [0.1, 0.15) is 86.6 Å². The van der Waals surface area contributed by atoms with Gasteiger partial charge < -0.3 is 9.47 Å². The van der Waals surface area contributed by atoms with E-state index in [0.29, 0.717) is 44.1 Å². The molecule has 7 rings (SSSR count). The fourth-order valence-corrected chi connectivity index (χ4v) is 10.4. The van der Waals surface area contributed by atoms with E-state index in [1.54, 1.807) is 30.9 Å². The van der Waals surface area contributed by atoms with Gasteiger partial charge in [0.25, 0.3) is 5.91 Å². The largest absolute Gasteiger partial charge is 0.339 e. The number of benzene rings is 3. The highest BCUT2D eigenvalue weighted by molar-refractivity contribution is 7.89. The molecule has 12 heteroatoms. The van der Waals surface area contributed by atoms with Crippen LogP contribution in [0.3, 0.4) is 0 Å². The lowest BCUT2D eigenvalue weighted by molar-refractivity contribution is 0.0606. The van der Waals surface area contributed by atoms with Gasteiger partial charge in [-0.1, -0.05) is 35.9 Å². The van der Waals surface area contributed by atoms with Crippen molar-refractivity contribution in [1.82, 2.24) is 24.1 Å². The van der Waals surface area contributed by atoms with Gasteiger partial charge in [0.15, 0.2) is 0 Å². The highest BCUT2D eigenvalue weighted by Gasteiger charge is 2.44. The Hall–Kier alpha value is -3.38. The molecule has 3 fully saturated rings. The van der Waals surface area contributed by atoms with Crippen LogP contribution in [0.15, 0.2) is 65.6 Å². The molecular formula is C38H44ClF2N5O3S. The number of nitrogens with zero attached hydrogens (tertiary/aromatic N) is 4. The number of hydrogen-bond acceptors (Lipinski definition) is 5. The molecular weight excluding hydrogens is 680 g/mol. The van der Waals surface area contributed by atoms with Gasteiger partial charge in [0.2, 0.25) is 10.0 Å². The fourth-order valence-electron chi connectivity index (χ4n) is 8.87. The number of hydrogen-bond donors (Lipinski definition) is 1. The first kappa shape index (κ1) is 35.0. The number of aromatic nitrogens is 2. The molecule has 0 radical (unpaired) electrons. The summed E-state index contributed by atoms with van der Waals surface area (Å²) in [7, 11) is -4.20. The molecule has 8 nitrogen and oxygen atoms in total. The van der Waals surface area contributed by atoms with E-state index in [2.05, 4.69) is 39.3 Å². The Morgan fingerprint density at radius 3 is 2.38 bits per heavy atom. The van der Waals surface area contributed by atoms with Gasteiger partial charge in [-0.05, 0) is 120 Å². The summed E-state index contributed by atoms with van der Waals surface area (Å²) < 4.78 is 60.0. The third-order valence-electron chi connectivity index (χ3n) is 11.2. The molecule has 3 aliphatic rings. The Morgan fingerprint density at radius 2 is 1.70 bits per heavy atom. The summed E-state index contributed by atoms with van der Waals surface area (Å²) in [6.45, 7) is 6.99. The number of amides is 1. The van der Waals surface area contributed by atoms with Crippen LogP contribution in [0.5, 0.6) is 0 Å². The van der Waals surface area contributed by atoms with Gasteiger partial charge in [0.1, 0.15) is 22.4 Å². The van der Waals surface area contributed by atoms with E-state index in [0.717, 1.165) is 67.7 Å². The first-order chi connectivity index (χ1) is 23.8. The van der Waals surface area contributed by atoms with Crippen LogP contribution in [0.2, 0.25) is 5.02 Å². The van der Waals surface area contributed by atoms with Crippen molar-refractivity contribution in [2.75, 3.05) is 19.6 Å². The minimum Gasteiger partial charge on any atom is -0.339 e. The summed E-state index contributed by atoms with van der Waals surface area (Å²) >= 11 is 6.33. The van der Waals surface area contributed by atoms with E-state index < -0.39 is 32.7 Å². The molecule has 4 aromatic rings. The zero-order valence-corrected chi connectivity index (χ0v) is 30.3. The SMILES string of the molecule is Cc1nc2ccccc2n1C1C[C@H]2CC[C@@H](C1)N2CCC1(c2cccc(F)c2)CCN(C(=O)c2cc(S(=O)(=O)NC(C)C)c(F)cc2Cl)CC1. The number of aryl methyl sites for hydroxylation is 1. The zero-order valence-electron chi connectivity index (χ0n) is 28.7. The van der Waals surface area contributed by atoms with Crippen LogP contribution in [-0.4, -0.2) is 71.4 Å². The van der Waals surface area contributed by atoms with Crippen molar-refractivity contribution in [3.63, 3.8) is 0 Å². The molecule has 0 spiro atoms. The molecule has 1 unspecified atom stereocenters. The molecule has 0 saturated carbocycles. The topological polar surface area (TPSA) is 87.5 Å². The predicted molar refractivity (Wildman–Crippen MR) is 191 cm³/mol. The lowest BCUT2D eigenvalue weighted by atomic mass is 9.70. The quantitative estimate of drug-likeness (QED) is 0.195. The normalized spacial score (nSPS) is 22.5. The van der Waals surface area contributed by atoms with E-state index in [-0.39, 0.29) is 21.8 Å². The van der Waals surface area contributed by atoms with Crippen molar-refractivity contribution >= 4 is 38.6 Å². The zero-order chi connectivity index (χ0) is 35.4. The van der Waals surface area contributed by atoms with Crippen LogP contribution in [-0.2, 0) is 15.4 Å². The molecule has 1 amide bonds. The van der Waals surface area contributed by atoms with Crippen molar-refractivity contribution < 1.29 is 22.0 Å². The summed E-state index contributed by atoms with van der Waals surface area (Å²) in [5, 5.41) is -0.143. The monoisotopic (exact) mass is 723 g/mol. The van der Waals surface area contributed by atoms with Crippen LogP contribution in [0, 0.1) is 18.6 Å². The molecule has 50 heavy (non-hydrogen) atoms. The number of fused-ring (bicyclic) bond motifs is 3. The lowest BCUT2D eigenvalue weighted by Crippen LogP contribution is -2.49. The van der Waals surface area contributed by atoms with Crippen molar-refractivity contribution in [1.29, 1.82) is 0 Å². The molecule has 4 heterocycles. The molecule has 3 saturated heterocycles. The standard InChI is InChI=1S/C38H44ClF2N5O3S/c1-24(2)43-50(48,49)36-22-31(32(39)23-33(36)41)37(47)44-16-13-38(14-17-44,26-7-6-8-27(40)19-26)15-18-45-28-11-12-29(45)21-30(20-28)46-25(3)42-34-9-4-5-10-35(34)46/h4-10,19,22-24,28-30,43H,11-18,20-21H2,1-3H3/t28-,29+,30?. The second kappa shape index (κ2) is 13.6. The number of nitrogens with one attached hydrogen (secondary N) is 1. The third kappa shape index (κ3) is 6.58. The minimum atomic E-state index is -4.20. The molecule has 266 valence electrons. The number of imidazole rings is 1. The van der Waals surface area contributed by atoms with E-state index in [4.69, 9.17) is 16.6 Å². The Labute approximate surface area is 297 Å². The smallest absolute Gasteiger partial charge is 0.255 e. The second-order valence-corrected chi connectivity index (χ2v) is 16.7. The van der Waals surface area contributed by atoms with E-state index >= 15 is 0 Å². The third-order valence-corrected chi connectivity index (χ3v) is 13.2. The van der Waals surface area contributed by atoms with Gasteiger partial charge in [-0.15, -0.1) is 0 Å². The van der Waals surface area contributed by atoms with Gasteiger partial charge >= 0.3 is 0 Å². The maximum absolute atomic E-state index is 14.8. The van der Waals surface area contributed by atoms with Crippen LogP contribution in [0.25, 0.3) is 11.0 Å². The Morgan fingerprint density at radius 1 is 1.00 bits per heavy atom. The van der Waals surface area contributed by atoms with Crippen molar-refractivity contribution in [2.24, 2.45) is 0 Å². The number of likely N-dealkylation sites (tertiary alicyclic amines) is 1. The molecule has 3 aliphatic heterocycles. The second-order valence-electron chi connectivity index (χ2n) is 14.6. The molecule has 2 bridgehead atoms. The van der Waals surface area contributed by atoms with Gasteiger partial charge in [-0.25, -0.2) is 26.9 Å². The number of rotatable bonds is 9. The summed E-state index contributed by atoms with van der Waals surface area (Å²) in [5.41, 5.74) is 2.75. The molecule has 3 aromatic carbocycles. The lowest BCUT2D eigenvalue weighted by Gasteiger charge is -2.45.